The molecule has 0 saturated carbocycles. The number of aliphatic hydroxyl groups is 1. The van der Waals surface area contributed by atoms with Gasteiger partial charge in [0.1, 0.15) is 0 Å². The van der Waals surface area contributed by atoms with E-state index in [-0.39, 0.29) is 6.61 Å². The third-order valence-electron chi connectivity index (χ3n) is 3.74. The van der Waals surface area contributed by atoms with Crippen molar-refractivity contribution in [3.05, 3.63) is 35.9 Å². The molecule has 0 aromatic heterocycles. The van der Waals surface area contributed by atoms with E-state index in [1.165, 1.54) is 50.5 Å². The number of aliphatic hydroxyl groups excluding tert-OH is 1. The summed E-state index contributed by atoms with van der Waals surface area (Å²) in [7, 11) is 0. The fourth-order valence-electron chi connectivity index (χ4n) is 2.55. The minimum Gasteiger partial charge on any atom is -0.395 e. The van der Waals surface area contributed by atoms with Gasteiger partial charge in [-0.3, -0.25) is 4.90 Å². The quantitative estimate of drug-likeness (QED) is 0.578. The molecule has 0 atom stereocenters. The van der Waals surface area contributed by atoms with E-state index < -0.39 is 0 Å². The van der Waals surface area contributed by atoms with Crippen LogP contribution in [-0.2, 0) is 6.54 Å². The molecule has 0 unspecified atom stereocenters. The molecular weight excluding hydrogens is 246 g/mol. The third kappa shape index (κ3) is 8.34. The Balaban J connectivity index is 2.15. The van der Waals surface area contributed by atoms with E-state index in [2.05, 4.69) is 42.2 Å². The Morgan fingerprint density at radius 3 is 2.15 bits per heavy atom. The molecule has 2 nitrogen and oxygen atoms in total. The highest BCUT2D eigenvalue weighted by molar-refractivity contribution is 5.14. The van der Waals surface area contributed by atoms with E-state index in [4.69, 9.17) is 0 Å². The molecule has 0 heterocycles. The fraction of sp³-hybridized carbons (Fsp3) is 0.667. The Morgan fingerprint density at radius 2 is 1.50 bits per heavy atom. The summed E-state index contributed by atoms with van der Waals surface area (Å²) in [4.78, 5) is 2.36. The van der Waals surface area contributed by atoms with Gasteiger partial charge in [-0.05, 0) is 18.5 Å². The van der Waals surface area contributed by atoms with Crippen molar-refractivity contribution in [3.63, 3.8) is 0 Å². The summed E-state index contributed by atoms with van der Waals surface area (Å²) in [6.07, 6.45) is 9.40. The highest BCUT2D eigenvalue weighted by Crippen LogP contribution is 2.09. The first-order valence-corrected chi connectivity index (χ1v) is 8.24. The molecule has 114 valence electrons. The van der Waals surface area contributed by atoms with Crippen molar-refractivity contribution < 1.29 is 5.11 Å². The maximum Gasteiger partial charge on any atom is 0.0558 e. The summed E-state index contributed by atoms with van der Waals surface area (Å²) in [5, 5.41) is 9.17. The molecule has 0 fully saturated rings. The molecule has 0 bridgehead atoms. The van der Waals surface area contributed by atoms with Gasteiger partial charge in [0.15, 0.2) is 0 Å². The van der Waals surface area contributed by atoms with E-state index in [1.807, 2.05) is 0 Å². The topological polar surface area (TPSA) is 23.5 Å². The number of hydrogen-bond acceptors (Lipinski definition) is 2. The average molecular weight is 277 g/mol. The fourth-order valence-corrected chi connectivity index (χ4v) is 2.55. The predicted molar refractivity (Wildman–Crippen MR) is 86.8 cm³/mol. The molecule has 0 amide bonds. The van der Waals surface area contributed by atoms with Gasteiger partial charge in [-0.1, -0.05) is 75.8 Å². The SMILES string of the molecule is CCCCCCCCCN(CCO)Cc1ccccc1. The summed E-state index contributed by atoms with van der Waals surface area (Å²) >= 11 is 0. The monoisotopic (exact) mass is 277 g/mol. The van der Waals surface area contributed by atoms with Crippen LogP contribution in [0.15, 0.2) is 30.3 Å². The average Bonchev–Trinajstić information content (AvgIpc) is 2.47. The minimum atomic E-state index is 0.253. The van der Waals surface area contributed by atoms with Crippen molar-refractivity contribution in [2.45, 2.75) is 58.4 Å². The molecule has 20 heavy (non-hydrogen) atoms. The first-order chi connectivity index (χ1) is 9.86. The summed E-state index contributed by atoms with van der Waals surface area (Å²) in [5.41, 5.74) is 1.34. The zero-order valence-corrected chi connectivity index (χ0v) is 13.1. The van der Waals surface area contributed by atoms with Gasteiger partial charge in [-0.25, -0.2) is 0 Å². The lowest BCUT2D eigenvalue weighted by Crippen LogP contribution is -2.27. The van der Waals surface area contributed by atoms with Crippen LogP contribution >= 0.6 is 0 Å². The van der Waals surface area contributed by atoms with Gasteiger partial charge >= 0.3 is 0 Å². The normalized spacial score (nSPS) is 11.2. The Labute approximate surface area is 124 Å². The number of unbranched alkanes of at least 4 members (excludes halogenated alkanes) is 6. The second-order valence-electron chi connectivity index (χ2n) is 5.61. The van der Waals surface area contributed by atoms with Crippen molar-refractivity contribution in [3.8, 4) is 0 Å². The maximum atomic E-state index is 9.17. The van der Waals surface area contributed by atoms with Crippen LogP contribution in [-0.4, -0.2) is 29.7 Å². The van der Waals surface area contributed by atoms with Crippen molar-refractivity contribution in [1.29, 1.82) is 0 Å². The molecule has 2 heteroatoms. The summed E-state index contributed by atoms with van der Waals surface area (Å²) in [6, 6.07) is 10.5. The van der Waals surface area contributed by atoms with Crippen LogP contribution in [0.4, 0.5) is 0 Å². The van der Waals surface area contributed by atoms with Gasteiger partial charge in [0.05, 0.1) is 6.61 Å². The Bertz CT molecular complexity index is 312. The largest absolute Gasteiger partial charge is 0.395 e. The molecule has 1 aromatic rings. The lowest BCUT2D eigenvalue weighted by molar-refractivity contribution is 0.187. The van der Waals surface area contributed by atoms with Crippen LogP contribution in [0, 0.1) is 0 Å². The van der Waals surface area contributed by atoms with Crippen LogP contribution in [0.3, 0.4) is 0 Å². The van der Waals surface area contributed by atoms with E-state index in [0.29, 0.717) is 0 Å². The molecule has 0 aliphatic heterocycles. The predicted octanol–water partition coefficient (Wildman–Crippen LogP) is 4.23. The van der Waals surface area contributed by atoms with Crippen LogP contribution in [0.25, 0.3) is 0 Å². The van der Waals surface area contributed by atoms with E-state index >= 15 is 0 Å². The number of rotatable bonds is 12. The number of hydrogen-bond donors (Lipinski definition) is 1. The van der Waals surface area contributed by atoms with Crippen molar-refractivity contribution >= 4 is 0 Å². The minimum absolute atomic E-state index is 0.253. The van der Waals surface area contributed by atoms with Crippen LogP contribution in [0.2, 0.25) is 0 Å². The maximum absolute atomic E-state index is 9.17. The lowest BCUT2D eigenvalue weighted by atomic mass is 10.1. The second-order valence-corrected chi connectivity index (χ2v) is 5.61. The van der Waals surface area contributed by atoms with E-state index in [1.54, 1.807) is 0 Å². The molecule has 0 aliphatic rings. The zero-order chi connectivity index (χ0) is 14.5. The van der Waals surface area contributed by atoms with Crippen LogP contribution in [0.1, 0.15) is 57.4 Å². The molecule has 1 rings (SSSR count). The van der Waals surface area contributed by atoms with Crippen LogP contribution in [0.5, 0.6) is 0 Å². The summed E-state index contributed by atoms with van der Waals surface area (Å²) in [6.45, 7) is 5.35. The zero-order valence-electron chi connectivity index (χ0n) is 13.1. The molecule has 1 N–H and O–H groups in total. The molecule has 0 radical (unpaired) electrons. The summed E-state index contributed by atoms with van der Waals surface area (Å²) < 4.78 is 0. The van der Waals surface area contributed by atoms with Crippen molar-refractivity contribution in [2.24, 2.45) is 0 Å². The van der Waals surface area contributed by atoms with Gasteiger partial charge in [-0.2, -0.15) is 0 Å². The molecule has 0 spiro atoms. The second kappa shape index (κ2) is 11.9. The van der Waals surface area contributed by atoms with Gasteiger partial charge in [0, 0.05) is 13.1 Å². The first-order valence-electron chi connectivity index (χ1n) is 8.24. The Hall–Kier alpha value is -0.860. The van der Waals surface area contributed by atoms with E-state index in [9.17, 15) is 5.11 Å². The Kier molecular flexibility index (Phi) is 10.3. The van der Waals surface area contributed by atoms with E-state index in [0.717, 1.165) is 19.6 Å². The summed E-state index contributed by atoms with van der Waals surface area (Å²) in [5.74, 6) is 0. The van der Waals surface area contributed by atoms with Gasteiger partial charge < -0.3 is 5.11 Å². The lowest BCUT2D eigenvalue weighted by Gasteiger charge is -2.21. The molecular formula is C18H31NO. The smallest absolute Gasteiger partial charge is 0.0558 e. The highest BCUT2D eigenvalue weighted by atomic mass is 16.3. The van der Waals surface area contributed by atoms with Gasteiger partial charge in [-0.15, -0.1) is 0 Å². The van der Waals surface area contributed by atoms with Crippen LogP contribution < -0.4 is 0 Å². The first kappa shape index (κ1) is 17.2. The number of nitrogens with zero attached hydrogens (tertiary/aromatic N) is 1. The standard InChI is InChI=1S/C18H31NO/c1-2-3-4-5-6-7-11-14-19(15-16-20)17-18-12-9-8-10-13-18/h8-10,12-13,20H,2-7,11,14-17H2,1H3. The Morgan fingerprint density at radius 1 is 0.850 bits per heavy atom. The van der Waals surface area contributed by atoms with Crippen molar-refractivity contribution in [2.75, 3.05) is 19.7 Å². The molecule has 1 aromatic carbocycles. The highest BCUT2D eigenvalue weighted by Gasteiger charge is 2.04. The van der Waals surface area contributed by atoms with Crippen molar-refractivity contribution in [1.82, 2.24) is 4.90 Å². The van der Waals surface area contributed by atoms with Gasteiger partial charge in [0.25, 0.3) is 0 Å². The number of benzene rings is 1. The molecule has 0 saturated heterocycles. The van der Waals surface area contributed by atoms with Gasteiger partial charge in [0.2, 0.25) is 0 Å². The molecule has 0 aliphatic carbocycles. The third-order valence-corrected chi connectivity index (χ3v) is 3.74.